The molecule has 0 saturated carbocycles. The highest BCUT2D eigenvalue weighted by Gasteiger charge is 2.20. The smallest absolute Gasteiger partial charge is 0.340 e. The summed E-state index contributed by atoms with van der Waals surface area (Å²) in [6.45, 7) is 1.62. The van der Waals surface area contributed by atoms with E-state index in [2.05, 4.69) is 0 Å². The Hall–Kier alpha value is -2.70. The molecule has 0 amide bonds. The van der Waals surface area contributed by atoms with E-state index < -0.39 is 16.5 Å². The zero-order chi connectivity index (χ0) is 15.0. The van der Waals surface area contributed by atoms with Gasteiger partial charge in [0.25, 0.3) is 11.2 Å². The van der Waals surface area contributed by atoms with Gasteiger partial charge in [-0.05, 0) is 13.0 Å². The predicted molar refractivity (Wildman–Crippen MR) is 71.9 cm³/mol. The molecule has 2 rings (SSSR count). The topological polar surface area (TPSA) is 91.4 Å². The lowest BCUT2D eigenvalue weighted by atomic mass is 10.0. The molecular weight excluding hydrogens is 264 g/mol. The average molecular weight is 276 g/mol. The minimum absolute atomic E-state index is 0.118. The summed E-state index contributed by atoms with van der Waals surface area (Å²) in [5, 5.41) is 11.3. The maximum absolute atomic E-state index is 12.2. The van der Waals surface area contributed by atoms with Crippen molar-refractivity contribution in [2.45, 2.75) is 6.92 Å². The summed E-state index contributed by atoms with van der Waals surface area (Å²) in [6.07, 6.45) is 0. The number of esters is 1. The Balaban J connectivity index is 2.97. The summed E-state index contributed by atoms with van der Waals surface area (Å²) >= 11 is 0. The standard InChI is InChI=1S/C13H12N2O5/c1-7-11(13(17)20-3)9-5-4-8(15(18)19)6-10(9)12(16)14(7)2/h4-6H,1-3H3. The Kier molecular flexibility index (Phi) is 3.27. The first-order chi connectivity index (χ1) is 9.38. The number of methoxy groups -OCH3 is 1. The van der Waals surface area contributed by atoms with Gasteiger partial charge in [-0.3, -0.25) is 14.9 Å². The van der Waals surface area contributed by atoms with Crippen LogP contribution in [-0.4, -0.2) is 22.6 Å². The van der Waals surface area contributed by atoms with Gasteiger partial charge in [-0.25, -0.2) is 4.79 Å². The average Bonchev–Trinajstić information content (AvgIpc) is 2.44. The van der Waals surface area contributed by atoms with Gasteiger partial charge in [0.1, 0.15) is 0 Å². The van der Waals surface area contributed by atoms with E-state index in [1.54, 1.807) is 6.92 Å². The molecule has 1 aromatic heterocycles. The third-order valence-corrected chi connectivity index (χ3v) is 3.27. The lowest BCUT2D eigenvalue weighted by Crippen LogP contribution is -2.23. The first-order valence-corrected chi connectivity index (χ1v) is 5.74. The van der Waals surface area contributed by atoms with Crippen LogP contribution < -0.4 is 5.56 Å². The molecule has 0 aliphatic carbocycles. The van der Waals surface area contributed by atoms with Crippen molar-refractivity contribution in [2.75, 3.05) is 7.11 Å². The van der Waals surface area contributed by atoms with Gasteiger partial charge in [0.2, 0.25) is 0 Å². The fourth-order valence-electron chi connectivity index (χ4n) is 2.10. The normalized spacial score (nSPS) is 10.6. The second kappa shape index (κ2) is 4.76. The van der Waals surface area contributed by atoms with Gasteiger partial charge in [-0.1, -0.05) is 0 Å². The first-order valence-electron chi connectivity index (χ1n) is 5.74. The Morgan fingerprint density at radius 2 is 2.00 bits per heavy atom. The van der Waals surface area contributed by atoms with E-state index in [1.807, 2.05) is 0 Å². The lowest BCUT2D eigenvalue weighted by Gasteiger charge is -2.12. The number of aromatic nitrogens is 1. The molecule has 2 aromatic rings. The number of carbonyl (C=O) groups is 1. The van der Waals surface area contributed by atoms with Gasteiger partial charge in [-0.15, -0.1) is 0 Å². The molecule has 0 unspecified atom stereocenters. The van der Waals surface area contributed by atoms with Crippen molar-refractivity contribution in [1.82, 2.24) is 4.57 Å². The van der Waals surface area contributed by atoms with Crippen molar-refractivity contribution in [3.8, 4) is 0 Å². The molecule has 0 bridgehead atoms. The molecule has 7 nitrogen and oxygen atoms in total. The molecule has 1 heterocycles. The van der Waals surface area contributed by atoms with E-state index in [4.69, 9.17) is 4.74 Å². The number of nitrogens with zero attached hydrogens (tertiary/aromatic N) is 2. The van der Waals surface area contributed by atoms with Gasteiger partial charge in [0.15, 0.2) is 0 Å². The summed E-state index contributed by atoms with van der Waals surface area (Å²) < 4.78 is 5.99. The van der Waals surface area contributed by atoms with E-state index >= 15 is 0 Å². The SMILES string of the molecule is COC(=O)c1c(C)n(C)c(=O)c2cc([N+](=O)[O-])ccc12. The number of nitro benzene ring substituents is 1. The molecule has 20 heavy (non-hydrogen) atoms. The molecule has 1 aromatic carbocycles. The number of non-ortho nitro benzene ring substituents is 1. The number of hydrogen-bond donors (Lipinski definition) is 0. The highest BCUT2D eigenvalue weighted by Crippen LogP contribution is 2.24. The fraction of sp³-hybridized carbons (Fsp3) is 0.231. The monoisotopic (exact) mass is 276 g/mol. The number of ether oxygens (including phenoxy) is 1. The van der Waals surface area contributed by atoms with Gasteiger partial charge >= 0.3 is 5.97 Å². The molecule has 0 fully saturated rings. The minimum atomic E-state index is -0.587. The predicted octanol–water partition coefficient (Wildman–Crippen LogP) is 1.54. The summed E-state index contributed by atoms with van der Waals surface area (Å²) in [5.41, 5.74) is 0.0887. The van der Waals surface area contributed by atoms with Crippen LogP contribution in [0, 0.1) is 17.0 Å². The van der Waals surface area contributed by atoms with E-state index in [9.17, 15) is 19.7 Å². The van der Waals surface area contributed by atoms with E-state index in [0.29, 0.717) is 11.1 Å². The maximum atomic E-state index is 12.2. The fourth-order valence-corrected chi connectivity index (χ4v) is 2.10. The number of benzene rings is 1. The van der Waals surface area contributed by atoms with Gasteiger partial charge in [0.05, 0.1) is 23.0 Å². The highest BCUT2D eigenvalue weighted by atomic mass is 16.6. The van der Waals surface area contributed by atoms with Crippen molar-refractivity contribution in [2.24, 2.45) is 7.05 Å². The van der Waals surface area contributed by atoms with E-state index in [1.165, 1.54) is 36.9 Å². The first kappa shape index (κ1) is 13.7. The van der Waals surface area contributed by atoms with Crippen LogP contribution in [0.15, 0.2) is 23.0 Å². The molecule has 104 valence electrons. The zero-order valence-corrected chi connectivity index (χ0v) is 11.2. The number of rotatable bonds is 2. The molecule has 7 heteroatoms. The number of fused-ring (bicyclic) bond motifs is 1. The van der Waals surface area contributed by atoms with Crippen LogP contribution in [0.4, 0.5) is 5.69 Å². The third kappa shape index (κ3) is 1.93. The molecule has 0 aliphatic heterocycles. The maximum Gasteiger partial charge on any atom is 0.340 e. The van der Waals surface area contributed by atoms with Crippen molar-refractivity contribution in [1.29, 1.82) is 0 Å². The molecule has 0 N–H and O–H groups in total. The number of carbonyl (C=O) groups excluding carboxylic acids is 1. The molecular formula is C13H12N2O5. The molecule has 0 saturated heterocycles. The summed E-state index contributed by atoms with van der Waals surface area (Å²) in [6, 6.07) is 3.82. The molecule has 0 radical (unpaired) electrons. The minimum Gasteiger partial charge on any atom is -0.465 e. The number of nitro groups is 1. The van der Waals surface area contributed by atoms with Crippen LogP contribution in [0.3, 0.4) is 0 Å². The van der Waals surface area contributed by atoms with Crippen molar-refractivity contribution < 1.29 is 14.5 Å². The largest absolute Gasteiger partial charge is 0.465 e. The van der Waals surface area contributed by atoms with Crippen LogP contribution in [0.1, 0.15) is 16.1 Å². The van der Waals surface area contributed by atoms with Crippen molar-refractivity contribution >= 4 is 22.4 Å². The number of pyridine rings is 1. The van der Waals surface area contributed by atoms with Crippen molar-refractivity contribution in [3.63, 3.8) is 0 Å². The van der Waals surface area contributed by atoms with E-state index in [-0.39, 0.29) is 16.6 Å². The highest BCUT2D eigenvalue weighted by molar-refractivity contribution is 6.05. The van der Waals surface area contributed by atoms with Crippen LogP contribution in [0.2, 0.25) is 0 Å². The molecule has 0 aliphatic rings. The lowest BCUT2D eigenvalue weighted by molar-refractivity contribution is -0.384. The van der Waals surface area contributed by atoms with Gasteiger partial charge in [-0.2, -0.15) is 0 Å². The zero-order valence-electron chi connectivity index (χ0n) is 11.2. The summed E-state index contributed by atoms with van der Waals surface area (Å²) in [7, 11) is 2.74. The molecule has 0 atom stereocenters. The third-order valence-electron chi connectivity index (χ3n) is 3.27. The second-order valence-corrected chi connectivity index (χ2v) is 4.30. The van der Waals surface area contributed by atoms with Crippen LogP contribution in [-0.2, 0) is 11.8 Å². The van der Waals surface area contributed by atoms with Gasteiger partial charge in [0, 0.05) is 30.3 Å². The van der Waals surface area contributed by atoms with Crippen LogP contribution >= 0.6 is 0 Å². The summed E-state index contributed by atoms with van der Waals surface area (Å²) in [5.74, 6) is -0.586. The number of hydrogen-bond acceptors (Lipinski definition) is 5. The van der Waals surface area contributed by atoms with Crippen molar-refractivity contribution in [3.05, 3.63) is 49.9 Å². The Bertz CT molecular complexity index is 791. The Morgan fingerprint density at radius 1 is 1.35 bits per heavy atom. The van der Waals surface area contributed by atoms with Crippen LogP contribution in [0.25, 0.3) is 10.8 Å². The Labute approximate surface area is 113 Å². The summed E-state index contributed by atoms with van der Waals surface area (Å²) in [4.78, 5) is 34.2. The quantitative estimate of drug-likeness (QED) is 0.471. The Morgan fingerprint density at radius 3 is 2.55 bits per heavy atom. The molecule has 0 spiro atoms. The van der Waals surface area contributed by atoms with E-state index in [0.717, 1.165) is 0 Å². The second-order valence-electron chi connectivity index (χ2n) is 4.30. The van der Waals surface area contributed by atoms with Gasteiger partial charge < -0.3 is 9.30 Å². The van der Waals surface area contributed by atoms with Crippen LogP contribution in [0.5, 0.6) is 0 Å².